The van der Waals surface area contributed by atoms with Crippen LogP contribution in [0.1, 0.15) is 32.8 Å². The molecule has 2 aromatic heterocycles. The van der Waals surface area contributed by atoms with Crippen LogP contribution in [-0.2, 0) is 0 Å². The molecule has 0 aliphatic rings. The molecule has 0 saturated carbocycles. The molecule has 1 unspecified atom stereocenters. The standard InChI is InChI=1S/C17H14N4OS/c1-11-10-23-17(19-11)14(9-18)16(22)15-8-12(2)21(20-15)13-6-4-3-5-7-13/h3-8,10,14H,1-2H3. The Morgan fingerprint density at radius 2 is 2.04 bits per heavy atom. The number of para-hydroxylation sites is 1. The van der Waals surface area contributed by atoms with Crippen LogP contribution in [-0.4, -0.2) is 20.5 Å². The maximum atomic E-state index is 12.7. The van der Waals surface area contributed by atoms with Gasteiger partial charge in [0.2, 0.25) is 5.78 Å². The first-order valence-electron chi connectivity index (χ1n) is 7.08. The van der Waals surface area contributed by atoms with E-state index in [0.29, 0.717) is 5.01 Å². The maximum Gasteiger partial charge on any atom is 0.207 e. The van der Waals surface area contributed by atoms with Crippen molar-refractivity contribution in [3.63, 3.8) is 0 Å². The fourth-order valence-electron chi connectivity index (χ4n) is 2.30. The minimum atomic E-state index is -0.910. The van der Waals surface area contributed by atoms with Gasteiger partial charge in [0.1, 0.15) is 10.7 Å². The van der Waals surface area contributed by atoms with Crippen LogP contribution in [0.25, 0.3) is 5.69 Å². The molecule has 0 amide bonds. The number of carbonyl (C=O) groups is 1. The molecule has 0 radical (unpaired) electrons. The number of ketones is 1. The summed E-state index contributed by atoms with van der Waals surface area (Å²) in [5, 5.41) is 16.1. The molecule has 6 heteroatoms. The van der Waals surface area contributed by atoms with Gasteiger partial charge >= 0.3 is 0 Å². The molecule has 2 heterocycles. The molecule has 1 aromatic carbocycles. The smallest absolute Gasteiger partial charge is 0.207 e. The van der Waals surface area contributed by atoms with Crippen LogP contribution in [0, 0.1) is 25.2 Å². The van der Waals surface area contributed by atoms with E-state index in [-0.39, 0.29) is 11.5 Å². The summed E-state index contributed by atoms with van der Waals surface area (Å²) in [6.07, 6.45) is 0. The molecule has 0 N–H and O–H groups in total. The van der Waals surface area contributed by atoms with E-state index in [9.17, 15) is 10.1 Å². The molecule has 23 heavy (non-hydrogen) atoms. The van der Waals surface area contributed by atoms with E-state index in [4.69, 9.17) is 0 Å². The summed E-state index contributed by atoms with van der Waals surface area (Å²) in [6, 6.07) is 13.3. The van der Waals surface area contributed by atoms with Gasteiger partial charge in [-0.3, -0.25) is 4.79 Å². The van der Waals surface area contributed by atoms with Gasteiger partial charge in [0.15, 0.2) is 5.92 Å². The fraction of sp³-hybridized carbons (Fsp3) is 0.176. The summed E-state index contributed by atoms with van der Waals surface area (Å²) in [7, 11) is 0. The molecular weight excluding hydrogens is 308 g/mol. The van der Waals surface area contributed by atoms with Gasteiger partial charge in [-0.2, -0.15) is 10.4 Å². The molecule has 1 atom stereocenters. The highest BCUT2D eigenvalue weighted by Gasteiger charge is 2.27. The van der Waals surface area contributed by atoms with E-state index < -0.39 is 5.92 Å². The molecule has 0 saturated heterocycles. The third-order valence-corrected chi connectivity index (χ3v) is 4.44. The largest absolute Gasteiger partial charge is 0.290 e. The minimum Gasteiger partial charge on any atom is -0.290 e. The zero-order chi connectivity index (χ0) is 16.4. The van der Waals surface area contributed by atoms with Crippen LogP contribution in [0.3, 0.4) is 0 Å². The first-order chi connectivity index (χ1) is 11.1. The summed E-state index contributed by atoms with van der Waals surface area (Å²) >= 11 is 1.32. The van der Waals surface area contributed by atoms with Crippen molar-refractivity contribution in [3.05, 3.63) is 63.9 Å². The van der Waals surface area contributed by atoms with Crippen LogP contribution in [0.5, 0.6) is 0 Å². The van der Waals surface area contributed by atoms with E-state index in [1.165, 1.54) is 11.3 Å². The number of aromatic nitrogens is 3. The Labute approximate surface area is 137 Å². The van der Waals surface area contributed by atoms with E-state index in [2.05, 4.69) is 10.1 Å². The van der Waals surface area contributed by atoms with Crippen LogP contribution >= 0.6 is 11.3 Å². The lowest BCUT2D eigenvalue weighted by Gasteiger charge is -2.04. The molecule has 0 bridgehead atoms. The van der Waals surface area contributed by atoms with Crippen molar-refractivity contribution < 1.29 is 4.79 Å². The van der Waals surface area contributed by atoms with Crippen molar-refractivity contribution in [3.8, 4) is 11.8 Å². The average Bonchev–Trinajstić information content (AvgIpc) is 3.15. The monoisotopic (exact) mass is 322 g/mol. The molecule has 0 fully saturated rings. The Hall–Kier alpha value is -2.78. The van der Waals surface area contributed by atoms with Crippen LogP contribution < -0.4 is 0 Å². The third kappa shape index (κ3) is 2.91. The van der Waals surface area contributed by atoms with Crippen molar-refractivity contribution >= 4 is 17.1 Å². The van der Waals surface area contributed by atoms with Crippen molar-refractivity contribution in [2.75, 3.05) is 0 Å². The number of carbonyl (C=O) groups excluding carboxylic acids is 1. The van der Waals surface area contributed by atoms with Gasteiger partial charge < -0.3 is 0 Å². The lowest BCUT2D eigenvalue weighted by atomic mass is 10.0. The summed E-state index contributed by atoms with van der Waals surface area (Å²) in [4.78, 5) is 16.9. The second-order valence-corrected chi connectivity index (χ2v) is 6.06. The molecule has 3 rings (SSSR count). The van der Waals surface area contributed by atoms with Gasteiger partial charge in [0.05, 0.1) is 11.8 Å². The van der Waals surface area contributed by atoms with E-state index in [1.807, 2.05) is 55.6 Å². The van der Waals surface area contributed by atoms with E-state index in [0.717, 1.165) is 17.1 Å². The SMILES string of the molecule is Cc1csc(C(C#N)C(=O)c2cc(C)n(-c3ccccc3)n2)n1. The van der Waals surface area contributed by atoms with Crippen LogP contribution in [0.2, 0.25) is 0 Å². The average molecular weight is 322 g/mol. The molecule has 0 aliphatic heterocycles. The van der Waals surface area contributed by atoms with Gasteiger partial charge in [-0.15, -0.1) is 11.3 Å². The number of nitriles is 1. The van der Waals surface area contributed by atoms with Crippen LogP contribution in [0.15, 0.2) is 41.8 Å². The number of aryl methyl sites for hydroxylation is 2. The molecule has 0 aliphatic carbocycles. The van der Waals surface area contributed by atoms with E-state index in [1.54, 1.807) is 10.7 Å². The highest BCUT2D eigenvalue weighted by Crippen LogP contribution is 2.24. The topological polar surface area (TPSA) is 71.6 Å². The summed E-state index contributed by atoms with van der Waals surface area (Å²) in [5.41, 5.74) is 2.81. The number of hydrogen-bond acceptors (Lipinski definition) is 5. The zero-order valence-corrected chi connectivity index (χ0v) is 13.5. The third-order valence-electron chi connectivity index (χ3n) is 3.42. The number of benzene rings is 1. The summed E-state index contributed by atoms with van der Waals surface area (Å²) < 4.78 is 1.70. The van der Waals surface area contributed by atoms with Crippen molar-refractivity contribution in [1.29, 1.82) is 5.26 Å². The Morgan fingerprint density at radius 1 is 1.30 bits per heavy atom. The Balaban J connectivity index is 1.96. The van der Waals surface area contributed by atoms with Gasteiger partial charge in [-0.05, 0) is 32.0 Å². The lowest BCUT2D eigenvalue weighted by molar-refractivity contribution is 0.0973. The van der Waals surface area contributed by atoms with Crippen molar-refractivity contribution in [2.45, 2.75) is 19.8 Å². The van der Waals surface area contributed by atoms with E-state index >= 15 is 0 Å². The lowest BCUT2D eigenvalue weighted by Crippen LogP contribution is -2.12. The van der Waals surface area contributed by atoms with Gasteiger partial charge in [-0.25, -0.2) is 9.67 Å². The molecule has 3 aromatic rings. The number of rotatable bonds is 4. The highest BCUT2D eigenvalue weighted by atomic mass is 32.1. The van der Waals surface area contributed by atoms with Gasteiger partial charge in [-0.1, -0.05) is 18.2 Å². The van der Waals surface area contributed by atoms with Gasteiger partial charge in [0, 0.05) is 16.8 Å². The predicted octanol–water partition coefficient (Wildman–Crippen LogP) is 3.44. The number of thiazole rings is 1. The predicted molar refractivity (Wildman–Crippen MR) is 87.8 cm³/mol. The highest BCUT2D eigenvalue weighted by molar-refractivity contribution is 7.10. The van der Waals surface area contributed by atoms with Crippen LogP contribution in [0.4, 0.5) is 0 Å². The fourth-order valence-corrected chi connectivity index (χ4v) is 3.14. The quantitative estimate of drug-likeness (QED) is 0.690. The van der Waals surface area contributed by atoms with Crippen molar-refractivity contribution in [2.24, 2.45) is 0 Å². The molecule has 0 spiro atoms. The molecule has 114 valence electrons. The summed E-state index contributed by atoms with van der Waals surface area (Å²) in [6.45, 7) is 3.72. The minimum absolute atomic E-state index is 0.283. The van der Waals surface area contributed by atoms with Gasteiger partial charge in [0.25, 0.3) is 0 Å². The maximum absolute atomic E-state index is 12.7. The number of hydrogen-bond donors (Lipinski definition) is 0. The Morgan fingerprint density at radius 3 is 2.65 bits per heavy atom. The molecular formula is C17H14N4OS. The van der Waals surface area contributed by atoms with Crippen molar-refractivity contribution in [1.82, 2.24) is 14.8 Å². The molecule has 5 nitrogen and oxygen atoms in total. The first kappa shape index (κ1) is 15.1. The zero-order valence-electron chi connectivity index (χ0n) is 12.7. The normalized spacial score (nSPS) is 11.9. The number of Topliss-reactive ketones (excluding diaryl/α,β-unsaturated/α-hetero) is 1. The second-order valence-electron chi connectivity index (χ2n) is 5.17. The Bertz CT molecular complexity index is 889. The second kappa shape index (κ2) is 6.15. The Kier molecular flexibility index (Phi) is 4.04. The summed E-state index contributed by atoms with van der Waals surface area (Å²) in [5.74, 6) is -1.23. The first-order valence-corrected chi connectivity index (χ1v) is 7.96. The number of nitrogens with zero attached hydrogens (tertiary/aromatic N) is 4.